The van der Waals surface area contributed by atoms with Gasteiger partial charge in [0.05, 0.1) is 6.10 Å². The van der Waals surface area contributed by atoms with Gasteiger partial charge >= 0.3 is 0 Å². The van der Waals surface area contributed by atoms with Crippen LogP contribution < -0.4 is 0 Å². The first-order chi connectivity index (χ1) is 14.4. The molecule has 0 saturated heterocycles. The minimum Gasteiger partial charge on any atom is -0.393 e. The number of hydrogen-bond acceptors (Lipinski definition) is 4. The maximum Gasteiger partial charge on any atom is 0.131 e. The van der Waals surface area contributed by atoms with Crippen LogP contribution in [0, 0.1) is 40.4 Å². The van der Waals surface area contributed by atoms with Crippen molar-refractivity contribution >= 4 is 0 Å². The van der Waals surface area contributed by atoms with Crippen molar-refractivity contribution in [3.8, 4) is 0 Å². The van der Waals surface area contributed by atoms with Crippen molar-refractivity contribution in [1.29, 1.82) is 0 Å². The average Bonchev–Trinajstić information content (AvgIpc) is 3.10. The van der Waals surface area contributed by atoms with E-state index < -0.39 is 0 Å². The predicted octanol–water partition coefficient (Wildman–Crippen LogP) is 5.38. The van der Waals surface area contributed by atoms with E-state index in [1.54, 1.807) is 18.2 Å². The van der Waals surface area contributed by atoms with Gasteiger partial charge in [0, 0.05) is 6.42 Å². The summed E-state index contributed by atoms with van der Waals surface area (Å²) in [6.07, 6.45) is 17.8. The zero-order valence-corrected chi connectivity index (χ0v) is 19.1. The lowest BCUT2D eigenvalue weighted by atomic mass is 9.47. The van der Waals surface area contributed by atoms with Gasteiger partial charge in [0.15, 0.2) is 0 Å². The molecule has 164 valence electrons. The lowest BCUT2D eigenvalue weighted by molar-refractivity contribution is -0.0571. The van der Waals surface area contributed by atoms with E-state index in [-0.39, 0.29) is 6.10 Å². The normalized spacial score (nSPS) is 43.9. The van der Waals surface area contributed by atoms with Crippen molar-refractivity contribution in [3.63, 3.8) is 0 Å². The highest BCUT2D eigenvalue weighted by molar-refractivity contribution is 5.25. The first kappa shape index (κ1) is 20.6. The Bertz CT molecular complexity index is 795. The van der Waals surface area contributed by atoms with Crippen molar-refractivity contribution in [2.75, 3.05) is 0 Å². The standard InChI is InChI=1S/C26H39N3O/c1-17(4-9-24-28-15-27-16-29-24)21-7-8-22-20-6-5-18-14-19(30)10-12-25(18,2)23(20)11-13-26(21,22)3/h5,15-17,19-23,30H,4,6-14H2,1-3H3/t17?,19?,20?,21?,22?,23?,25-,26?/m0/s1. The number of allylic oxidation sites excluding steroid dienone is 1. The summed E-state index contributed by atoms with van der Waals surface area (Å²) in [4.78, 5) is 12.6. The molecular formula is C26H39N3O. The SMILES string of the molecule is CC(CCc1ncncn1)C1CCC2C3CC=C4CC(O)CC[C@]4(C)C3CCC12C. The van der Waals surface area contributed by atoms with Crippen LogP contribution in [-0.4, -0.2) is 26.2 Å². The van der Waals surface area contributed by atoms with Crippen LogP contribution in [-0.2, 0) is 6.42 Å². The highest BCUT2D eigenvalue weighted by Gasteiger charge is 2.59. The summed E-state index contributed by atoms with van der Waals surface area (Å²) in [6.45, 7) is 7.65. The molecule has 0 aromatic carbocycles. The van der Waals surface area contributed by atoms with Crippen LogP contribution in [0.3, 0.4) is 0 Å². The molecule has 4 heteroatoms. The first-order valence-electron chi connectivity index (χ1n) is 12.4. The highest BCUT2D eigenvalue weighted by atomic mass is 16.3. The van der Waals surface area contributed by atoms with E-state index in [9.17, 15) is 5.11 Å². The number of aromatic nitrogens is 3. The van der Waals surface area contributed by atoms with E-state index in [1.807, 2.05) is 0 Å². The van der Waals surface area contributed by atoms with Crippen molar-refractivity contribution < 1.29 is 5.11 Å². The smallest absolute Gasteiger partial charge is 0.131 e. The number of rotatable bonds is 4. The number of hydrogen-bond donors (Lipinski definition) is 1. The van der Waals surface area contributed by atoms with Crippen LogP contribution in [0.5, 0.6) is 0 Å². The Morgan fingerprint density at radius 2 is 1.87 bits per heavy atom. The fourth-order valence-electron chi connectivity index (χ4n) is 8.57. The van der Waals surface area contributed by atoms with Crippen molar-refractivity contribution in [2.45, 2.75) is 91.1 Å². The third-order valence-corrected chi connectivity index (χ3v) is 10.2. The van der Waals surface area contributed by atoms with Gasteiger partial charge in [-0.15, -0.1) is 0 Å². The van der Waals surface area contributed by atoms with Crippen LogP contribution in [0.2, 0.25) is 0 Å². The quantitative estimate of drug-likeness (QED) is 0.678. The predicted molar refractivity (Wildman–Crippen MR) is 119 cm³/mol. The van der Waals surface area contributed by atoms with Gasteiger partial charge in [-0.2, -0.15) is 0 Å². The zero-order chi connectivity index (χ0) is 20.9. The van der Waals surface area contributed by atoms with Gasteiger partial charge in [-0.05, 0) is 98.2 Å². The van der Waals surface area contributed by atoms with Crippen LogP contribution in [0.25, 0.3) is 0 Å². The molecule has 4 nitrogen and oxygen atoms in total. The molecule has 1 aromatic heterocycles. The molecule has 3 saturated carbocycles. The van der Waals surface area contributed by atoms with E-state index >= 15 is 0 Å². The Kier molecular flexibility index (Phi) is 5.28. The Labute approximate surface area is 182 Å². The molecule has 1 heterocycles. The lowest BCUT2D eigenvalue weighted by Gasteiger charge is -2.58. The van der Waals surface area contributed by atoms with Crippen molar-refractivity contribution in [3.05, 3.63) is 30.1 Å². The van der Waals surface area contributed by atoms with Gasteiger partial charge < -0.3 is 5.11 Å². The molecule has 0 spiro atoms. The molecule has 0 amide bonds. The molecule has 0 radical (unpaired) electrons. The van der Waals surface area contributed by atoms with E-state index in [0.717, 1.165) is 54.7 Å². The van der Waals surface area contributed by atoms with E-state index in [1.165, 1.54) is 44.9 Å². The minimum atomic E-state index is -0.101. The Morgan fingerprint density at radius 3 is 2.67 bits per heavy atom. The second-order valence-electron chi connectivity index (χ2n) is 11.5. The number of fused-ring (bicyclic) bond motifs is 5. The van der Waals surface area contributed by atoms with E-state index in [0.29, 0.717) is 10.8 Å². The molecular weight excluding hydrogens is 370 g/mol. The van der Waals surface area contributed by atoms with Crippen molar-refractivity contribution in [2.24, 2.45) is 40.4 Å². The van der Waals surface area contributed by atoms with Gasteiger partial charge in [0.2, 0.25) is 0 Å². The summed E-state index contributed by atoms with van der Waals surface area (Å²) in [5, 5.41) is 10.2. The molecule has 4 aliphatic carbocycles. The fraction of sp³-hybridized carbons (Fsp3) is 0.808. The molecule has 8 atom stereocenters. The summed E-state index contributed by atoms with van der Waals surface area (Å²) < 4.78 is 0. The molecule has 1 N–H and O–H groups in total. The molecule has 4 aliphatic rings. The van der Waals surface area contributed by atoms with Gasteiger partial charge in [-0.3, -0.25) is 0 Å². The largest absolute Gasteiger partial charge is 0.393 e. The fourth-order valence-corrected chi connectivity index (χ4v) is 8.57. The number of aliphatic hydroxyl groups excluding tert-OH is 1. The number of aliphatic hydroxyl groups is 1. The summed E-state index contributed by atoms with van der Waals surface area (Å²) in [6, 6.07) is 0. The lowest BCUT2D eigenvalue weighted by Crippen LogP contribution is -2.50. The van der Waals surface area contributed by atoms with Gasteiger partial charge in [-0.25, -0.2) is 15.0 Å². The average molecular weight is 410 g/mol. The molecule has 7 unspecified atom stereocenters. The summed E-state index contributed by atoms with van der Waals surface area (Å²) in [7, 11) is 0. The molecule has 30 heavy (non-hydrogen) atoms. The van der Waals surface area contributed by atoms with Crippen LogP contribution >= 0.6 is 0 Å². The molecule has 1 aromatic rings. The molecule has 0 aliphatic heterocycles. The maximum absolute atomic E-state index is 10.2. The second kappa shape index (κ2) is 7.69. The second-order valence-corrected chi connectivity index (χ2v) is 11.5. The van der Waals surface area contributed by atoms with Gasteiger partial charge in [0.1, 0.15) is 18.5 Å². The Morgan fingerprint density at radius 1 is 1.07 bits per heavy atom. The van der Waals surface area contributed by atoms with Crippen LogP contribution in [0.4, 0.5) is 0 Å². The summed E-state index contributed by atoms with van der Waals surface area (Å²) in [5.74, 6) is 5.07. The van der Waals surface area contributed by atoms with E-state index in [2.05, 4.69) is 41.8 Å². The van der Waals surface area contributed by atoms with Gasteiger partial charge in [0.25, 0.3) is 0 Å². The monoisotopic (exact) mass is 409 g/mol. The van der Waals surface area contributed by atoms with E-state index in [4.69, 9.17) is 0 Å². The molecule has 0 bridgehead atoms. The maximum atomic E-state index is 10.2. The minimum absolute atomic E-state index is 0.101. The zero-order valence-electron chi connectivity index (χ0n) is 19.1. The van der Waals surface area contributed by atoms with Gasteiger partial charge in [-0.1, -0.05) is 32.4 Å². The van der Waals surface area contributed by atoms with Crippen LogP contribution in [0.1, 0.15) is 84.4 Å². The topological polar surface area (TPSA) is 58.9 Å². The number of nitrogens with zero attached hydrogens (tertiary/aromatic N) is 3. The van der Waals surface area contributed by atoms with Crippen molar-refractivity contribution in [1.82, 2.24) is 15.0 Å². The summed E-state index contributed by atoms with van der Waals surface area (Å²) in [5.41, 5.74) is 2.44. The molecule has 5 rings (SSSR count). The van der Waals surface area contributed by atoms with Crippen LogP contribution in [0.15, 0.2) is 24.3 Å². The number of aryl methyl sites for hydroxylation is 1. The first-order valence-corrected chi connectivity index (χ1v) is 12.4. The molecule has 3 fully saturated rings. The summed E-state index contributed by atoms with van der Waals surface area (Å²) >= 11 is 0. The third kappa shape index (κ3) is 3.25. The Balaban J connectivity index is 1.31. The highest BCUT2D eigenvalue weighted by Crippen LogP contribution is 2.67. The Hall–Kier alpha value is -1.29. The third-order valence-electron chi connectivity index (χ3n) is 10.2.